The molecular weight excluding hydrogens is 561 g/mol. The monoisotopic (exact) mass is 595 g/mol. The molecule has 1 unspecified atom stereocenters. The number of esters is 1. The predicted octanol–water partition coefficient (Wildman–Crippen LogP) is 2.24. The number of nitrogen functional groups attached to an aromatic ring is 1. The lowest BCUT2D eigenvalue weighted by molar-refractivity contribution is -0.150. The van der Waals surface area contributed by atoms with Crippen molar-refractivity contribution in [2.24, 2.45) is 11.0 Å². The number of aliphatic hydroxyl groups is 2. The highest BCUT2D eigenvalue weighted by atomic mass is 31.2. The topological polar surface area (TPSA) is 233 Å². The summed E-state index contributed by atoms with van der Waals surface area (Å²) in [6.45, 7) is 6.07. The van der Waals surface area contributed by atoms with E-state index < -0.39 is 62.3 Å². The second-order valence-electron chi connectivity index (χ2n) is 9.99. The maximum atomic E-state index is 14.1. The van der Waals surface area contributed by atoms with E-state index in [4.69, 9.17) is 24.3 Å². The summed E-state index contributed by atoms with van der Waals surface area (Å²) >= 11 is 0. The summed E-state index contributed by atoms with van der Waals surface area (Å²) in [5, 5.41) is 27.7. The largest absolute Gasteiger partial charge is 0.462 e. The number of hydrogen-bond acceptors (Lipinski definition) is 12. The van der Waals surface area contributed by atoms with Crippen LogP contribution in [0, 0.1) is 5.92 Å². The SMILES string of the molecule is CC(C)C[C@H](NP(=O)(OC[C@@]1(N=[N+]=[N-])O[C@@H](n2ccc(N)nc2=O)[C@H](O)[C@@H]1O)Oc1ccccc1)C(=O)OC(C)C. The molecule has 1 aromatic heterocycles. The minimum absolute atomic E-state index is 0.0466. The standard InChI is InChI=1S/C24H34N7O9P/c1-14(2)12-17(22(34)38-15(3)4)28-41(36,40-16-8-6-5-7-9-16)37-13-24(29-30-26)20(33)19(32)21(39-24)31-11-10-18(25)27-23(31)35/h5-11,14-15,17,19-21,32-33H,12-13H2,1-4H3,(H,28,36)(H2,25,27,35)/t17-,19+,20-,21+,24+,41?/m0/s1. The van der Waals surface area contributed by atoms with Crippen LogP contribution >= 0.6 is 7.75 Å². The Morgan fingerprint density at radius 2 is 1.98 bits per heavy atom. The second kappa shape index (κ2) is 13.4. The van der Waals surface area contributed by atoms with Crippen molar-refractivity contribution < 1.29 is 38.1 Å². The maximum absolute atomic E-state index is 14.1. The highest BCUT2D eigenvalue weighted by molar-refractivity contribution is 7.52. The molecule has 41 heavy (non-hydrogen) atoms. The number of hydrogen-bond donors (Lipinski definition) is 4. The Balaban J connectivity index is 1.96. The number of rotatable bonds is 13. The van der Waals surface area contributed by atoms with Crippen molar-refractivity contribution >= 4 is 19.5 Å². The van der Waals surface area contributed by atoms with Crippen LogP contribution in [0.15, 0.2) is 52.5 Å². The number of carbonyl (C=O) groups is 1. The molecule has 0 spiro atoms. The van der Waals surface area contributed by atoms with E-state index in [2.05, 4.69) is 20.1 Å². The fraction of sp³-hybridized carbons (Fsp3) is 0.542. The summed E-state index contributed by atoms with van der Waals surface area (Å²) < 4.78 is 37.2. The van der Waals surface area contributed by atoms with E-state index in [9.17, 15) is 29.9 Å². The molecule has 1 aliphatic rings. The van der Waals surface area contributed by atoms with E-state index in [-0.39, 0.29) is 23.9 Å². The first-order chi connectivity index (χ1) is 19.3. The molecule has 0 aliphatic carbocycles. The summed E-state index contributed by atoms with van der Waals surface area (Å²) in [6, 6.07) is 8.02. The van der Waals surface area contributed by atoms with Gasteiger partial charge in [0.2, 0.25) is 5.72 Å². The van der Waals surface area contributed by atoms with Gasteiger partial charge in [-0.25, -0.2) is 9.36 Å². The Labute approximate surface area is 235 Å². The number of nitrogens with two attached hydrogens (primary N) is 1. The summed E-state index contributed by atoms with van der Waals surface area (Å²) in [5.74, 6) is -0.746. The van der Waals surface area contributed by atoms with Crippen molar-refractivity contribution in [3.8, 4) is 5.75 Å². The summed E-state index contributed by atoms with van der Waals surface area (Å²) in [5.41, 5.74) is 11.5. The quantitative estimate of drug-likeness (QED) is 0.0858. The number of aliphatic hydroxyl groups excluding tert-OH is 2. The molecule has 224 valence electrons. The van der Waals surface area contributed by atoms with E-state index in [1.54, 1.807) is 32.0 Å². The van der Waals surface area contributed by atoms with Gasteiger partial charge in [-0.15, -0.1) is 0 Å². The van der Waals surface area contributed by atoms with Gasteiger partial charge in [-0.3, -0.25) is 13.9 Å². The molecule has 2 aromatic rings. The number of nitrogens with one attached hydrogen (secondary N) is 1. The highest BCUT2D eigenvalue weighted by Gasteiger charge is 2.56. The van der Waals surface area contributed by atoms with Gasteiger partial charge in [-0.1, -0.05) is 37.2 Å². The van der Waals surface area contributed by atoms with Crippen LogP contribution in [0.3, 0.4) is 0 Å². The minimum Gasteiger partial charge on any atom is -0.462 e. The van der Waals surface area contributed by atoms with Gasteiger partial charge < -0.3 is 29.9 Å². The van der Waals surface area contributed by atoms with Crippen LogP contribution in [0.1, 0.15) is 40.3 Å². The van der Waals surface area contributed by atoms with Gasteiger partial charge in [0.15, 0.2) is 6.23 Å². The van der Waals surface area contributed by atoms with Crippen LogP contribution < -0.4 is 21.0 Å². The number of anilines is 1. The first kappa shape index (κ1) is 32.0. The van der Waals surface area contributed by atoms with Crippen molar-refractivity contribution in [3.05, 3.63) is 63.5 Å². The molecule has 1 aliphatic heterocycles. The van der Waals surface area contributed by atoms with Crippen LogP contribution in [0.25, 0.3) is 10.4 Å². The molecule has 0 radical (unpaired) electrons. The van der Waals surface area contributed by atoms with Crippen LogP contribution in [0.4, 0.5) is 5.82 Å². The Morgan fingerprint density at radius 3 is 2.56 bits per heavy atom. The average Bonchev–Trinajstić information content (AvgIpc) is 3.13. The third kappa shape index (κ3) is 8.05. The number of carbonyl (C=O) groups excluding carboxylic acids is 1. The van der Waals surface area contributed by atoms with Crippen LogP contribution in [0.2, 0.25) is 0 Å². The zero-order valence-corrected chi connectivity index (χ0v) is 23.8. The van der Waals surface area contributed by atoms with Gasteiger partial charge >= 0.3 is 19.4 Å². The van der Waals surface area contributed by atoms with Crippen LogP contribution in [-0.4, -0.2) is 62.4 Å². The van der Waals surface area contributed by atoms with Gasteiger partial charge in [0.25, 0.3) is 0 Å². The predicted molar refractivity (Wildman–Crippen MR) is 145 cm³/mol. The number of benzene rings is 1. The van der Waals surface area contributed by atoms with Crippen molar-refractivity contribution in [1.29, 1.82) is 0 Å². The Bertz CT molecular complexity index is 1350. The minimum atomic E-state index is -4.53. The lowest BCUT2D eigenvalue weighted by Gasteiger charge is -2.30. The van der Waals surface area contributed by atoms with Crippen molar-refractivity contribution in [3.63, 3.8) is 0 Å². The molecule has 5 N–H and O–H groups in total. The van der Waals surface area contributed by atoms with Gasteiger partial charge in [-0.2, -0.15) is 10.1 Å². The van der Waals surface area contributed by atoms with Crippen LogP contribution in [0.5, 0.6) is 5.75 Å². The highest BCUT2D eigenvalue weighted by Crippen LogP contribution is 2.48. The molecule has 0 bridgehead atoms. The zero-order chi connectivity index (χ0) is 30.4. The smallest absolute Gasteiger partial charge is 0.459 e. The van der Waals surface area contributed by atoms with Crippen molar-refractivity contribution in [2.45, 2.75) is 70.4 Å². The lowest BCUT2D eigenvalue weighted by atomic mass is 10.0. The number of para-hydroxylation sites is 1. The fourth-order valence-corrected chi connectivity index (χ4v) is 5.51. The third-order valence-corrected chi connectivity index (χ3v) is 7.36. The fourth-order valence-electron chi connectivity index (χ4n) is 3.98. The zero-order valence-electron chi connectivity index (χ0n) is 22.9. The number of aromatic nitrogens is 2. The Hall–Kier alpha value is -3.49. The van der Waals surface area contributed by atoms with Gasteiger partial charge in [-0.05, 0) is 49.9 Å². The summed E-state index contributed by atoms with van der Waals surface area (Å²) in [6.07, 6.45) is -4.48. The molecule has 6 atom stereocenters. The first-order valence-electron chi connectivity index (χ1n) is 12.7. The van der Waals surface area contributed by atoms with E-state index in [0.29, 0.717) is 0 Å². The maximum Gasteiger partial charge on any atom is 0.459 e. The number of ether oxygens (including phenoxy) is 2. The Kier molecular flexibility index (Phi) is 10.5. The molecule has 3 rings (SSSR count). The number of nitrogens with zero attached hydrogens (tertiary/aromatic N) is 5. The average molecular weight is 596 g/mol. The van der Waals surface area contributed by atoms with Crippen molar-refractivity contribution in [2.75, 3.05) is 12.3 Å². The summed E-state index contributed by atoms with van der Waals surface area (Å²) in [4.78, 5) is 31.5. The molecule has 17 heteroatoms. The number of azide groups is 1. The first-order valence-corrected chi connectivity index (χ1v) is 14.3. The van der Waals surface area contributed by atoms with Crippen molar-refractivity contribution in [1.82, 2.24) is 14.6 Å². The lowest BCUT2D eigenvalue weighted by Crippen LogP contribution is -2.46. The van der Waals surface area contributed by atoms with E-state index >= 15 is 0 Å². The molecular formula is C24H34N7O9P. The Morgan fingerprint density at radius 1 is 1.29 bits per heavy atom. The van der Waals surface area contributed by atoms with Crippen LogP contribution in [-0.2, 0) is 23.4 Å². The van der Waals surface area contributed by atoms with E-state index in [1.807, 2.05) is 13.8 Å². The normalized spacial score (nSPS) is 24.4. The molecule has 16 nitrogen and oxygen atoms in total. The molecule has 1 saturated heterocycles. The van der Waals surface area contributed by atoms with E-state index in [0.717, 1.165) is 4.57 Å². The molecule has 2 heterocycles. The second-order valence-corrected chi connectivity index (χ2v) is 11.7. The molecule has 1 aromatic carbocycles. The van der Waals surface area contributed by atoms with E-state index in [1.165, 1.54) is 24.4 Å². The molecule has 0 amide bonds. The van der Waals surface area contributed by atoms with Gasteiger partial charge in [0.1, 0.15) is 29.8 Å². The summed E-state index contributed by atoms with van der Waals surface area (Å²) in [7, 11) is -4.53. The third-order valence-electron chi connectivity index (χ3n) is 5.81. The molecule has 0 saturated carbocycles. The molecule has 1 fully saturated rings. The van der Waals surface area contributed by atoms with Gasteiger partial charge in [0, 0.05) is 11.1 Å². The van der Waals surface area contributed by atoms with Gasteiger partial charge in [0.05, 0.1) is 12.7 Å².